The molecule has 1 heterocycles. The first-order chi connectivity index (χ1) is 12.6. The van der Waals surface area contributed by atoms with Crippen LogP contribution in [0.3, 0.4) is 0 Å². The highest BCUT2D eigenvalue weighted by Crippen LogP contribution is 2.20. The Morgan fingerprint density at radius 2 is 2.08 bits per heavy atom. The standard InChI is InChI=1S/C19H19F2NO4/c20-13-6-7-18(17(21)9-13)26-12-19(23)22-14-3-1-4-15(10-14)25-11-16-5-2-8-24-16/h1,3-4,6-7,9-10,16H,2,5,8,11-12H2,(H,22,23). The van der Waals surface area contributed by atoms with Gasteiger partial charge in [0.1, 0.15) is 18.2 Å². The van der Waals surface area contributed by atoms with Gasteiger partial charge >= 0.3 is 0 Å². The van der Waals surface area contributed by atoms with Crippen LogP contribution in [0.2, 0.25) is 0 Å². The molecule has 0 spiro atoms. The number of ether oxygens (including phenoxy) is 3. The van der Waals surface area contributed by atoms with Crippen molar-refractivity contribution in [2.24, 2.45) is 0 Å². The van der Waals surface area contributed by atoms with Crippen molar-refractivity contribution >= 4 is 11.6 Å². The molecule has 2 aromatic rings. The Morgan fingerprint density at radius 3 is 2.85 bits per heavy atom. The van der Waals surface area contributed by atoms with E-state index in [0.29, 0.717) is 24.1 Å². The Hall–Kier alpha value is -2.67. The molecule has 1 atom stereocenters. The highest BCUT2D eigenvalue weighted by atomic mass is 19.1. The van der Waals surface area contributed by atoms with Gasteiger partial charge in [0.25, 0.3) is 5.91 Å². The van der Waals surface area contributed by atoms with E-state index in [4.69, 9.17) is 14.2 Å². The minimum atomic E-state index is -0.859. The molecule has 1 fully saturated rings. The molecule has 7 heteroatoms. The summed E-state index contributed by atoms with van der Waals surface area (Å²) in [4.78, 5) is 11.9. The molecule has 0 saturated carbocycles. The Kier molecular flexibility index (Phi) is 6.01. The Balaban J connectivity index is 1.49. The maximum absolute atomic E-state index is 13.5. The van der Waals surface area contributed by atoms with Crippen molar-refractivity contribution in [1.29, 1.82) is 0 Å². The van der Waals surface area contributed by atoms with E-state index in [1.165, 1.54) is 0 Å². The third kappa shape index (κ3) is 5.16. The van der Waals surface area contributed by atoms with Crippen molar-refractivity contribution in [3.8, 4) is 11.5 Å². The van der Waals surface area contributed by atoms with Crippen LogP contribution in [0, 0.1) is 11.6 Å². The summed E-state index contributed by atoms with van der Waals surface area (Å²) >= 11 is 0. The molecular formula is C19H19F2NO4. The van der Waals surface area contributed by atoms with Gasteiger partial charge in [-0.15, -0.1) is 0 Å². The molecule has 3 rings (SSSR count). The van der Waals surface area contributed by atoms with Gasteiger partial charge in [-0.2, -0.15) is 0 Å². The van der Waals surface area contributed by atoms with Gasteiger partial charge in [-0.25, -0.2) is 8.78 Å². The zero-order chi connectivity index (χ0) is 18.4. The van der Waals surface area contributed by atoms with Crippen molar-refractivity contribution in [2.45, 2.75) is 18.9 Å². The summed E-state index contributed by atoms with van der Waals surface area (Å²) in [5, 5.41) is 2.64. The third-order valence-corrected chi connectivity index (χ3v) is 3.83. The summed E-state index contributed by atoms with van der Waals surface area (Å²) in [5.74, 6) is -1.61. The molecule has 0 aliphatic carbocycles. The third-order valence-electron chi connectivity index (χ3n) is 3.83. The normalized spacial score (nSPS) is 16.3. The topological polar surface area (TPSA) is 56.8 Å². The molecule has 0 radical (unpaired) electrons. The number of amides is 1. The molecule has 0 aromatic heterocycles. The van der Waals surface area contributed by atoms with E-state index in [-0.39, 0.29) is 11.9 Å². The van der Waals surface area contributed by atoms with Gasteiger partial charge in [-0.05, 0) is 37.1 Å². The van der Waals surface area contributed by atoms with Gasteiger partial charge in [0.15, 0.2) is 18.2 Å². The lowest BCUT2D eigenvalue weighted by Crippen LogP contribution is -2.20. The van der Waals surface area contributed by atoms with Crippen LogP contribution in [0.5, 0.6) is 11.5 Å². The predicted octanol–water partition coefficient (Wildman–Crippen LogP) is 3.54. The average Bonchev–Trinajstić information content (AvgIpc) is 3.13. The van der Waals surface area contributed by atoms with E-state index >= 15 is 0 Å². The predicted molar refractivity (Wildman–Crippen MR) is 91.4 cm³/mol. The monoisotopic (exact) mass is 363 g/mol. The van der Waals surface area contributed by atoms with Crippen molar-refractivity contribution in [2.75, 3.05) is 25.1 Å². The minimum Gasteiger partial charge on any atom is -0.491 e. The van der Waals surface area contributed by atoms with Crippen LogP contribution in [0.4, 0.5) is 14.5 Å². The number of halogens is 2. The van der Waals surface area contributed by atoms with Crippen LogP contribution >= 0.6 is 0 Å². The lowest BCUT2D eigenvalue weighted by molar-refractivity contribution is -0.118. The maximum atomic E-state index is 13.5. The summed E-state index contributed by atoms with van der Waals surface area (Å²) in [6.07, 6.45) is 2.12. The molecule has 5 nitrogen and oxygen atoms in total. The molecular weight excluding hydrogens is 344 g/mol. The first-order valence-electron chi connectivity index (χ1n) is 8.32. The zero-order valence-electron chi connectivity index (χ0n) is 14.0. The maximum Gasteiger partial charge on any atom is 0.262 e. The SMILES string of the molecule is O=C(COc1ccc(F)cc1F)Nc1cccc(OCC2CCCO2)c1. The van der Waals surface area contributed by atoms with Gasteiger partial charge < -0.3 is 19.5 Å². The first kappa shape index (κ1) is 18.1. The van der Waals surface area contributed by atoms with E-state index in [0.717, 1.165) is 31.6 Å². The quantitative estimate of drug-likeness (QED) is 0.818. The van der Waals surface area contributed by atoms with E-state index in [9.17, 15) is 13.6 Å². The number of carbonyl (C=O) groups excluding carboxylic acids is 1. The Labute approximate surface area is 149 Å². The summed E-state index contributed by atoms with van der Waals surface area (Å²) in [6.45, 7) is 0.826. The second-order valence-corrected chi connectivity index (χ2v) is 5.89. The fourth-order valence-corrected chi connectivity index (χ4v) is 2.56. The molecule has 2 aromatic carbocycles. The fourth-order valence-electron chi connectivity index (χ4n) is 2.56. The lowest BCUT2D eigenvalue weighted by Gasteiger charge is -2.13. The van der Waals surface area contributed by atoms with Crippen LogP contribution in [0.15, 0.2) is 42.5 Å². The summed E-state index contributed by atoms with van der Waals surface area (Å²) in [6, 6.07) is 9.82. The second kappa shape index (κ2) is 8.62. The summed E-state index contributed by atoms with van der Waals surface area (Å²) < 4.78 is 42.5. The van der Waals surface area contributed by atoms with Crippen molar-refractivity contribution in [3.05, 3.63) is 54.1 Å². The summed E-state index contributed by atoms with van der Waals surface area (Å²) in [5.41, 5.74) is 0.531. The van der Waals surface area contributed by atoms with Crippen LogP contribution in [-0.2, 0) is 9.53 Å². The Bertz CT molecular complexity index is 763. The molecule has 1 unspecified atom stereocenters. The van der Waals surface area contributed by atoms with Crippen LogP contribution in [0.25, 0.3) is 0 Å². The number of benzene rings is 2. The fraction of sp³-hybridized carbons (Fsp3) is 0.316. The molecule has 1 N–H and O–H groups in total. The number of rotatable bonds is 7. The number of hydrogen-bond donors (Lipinski definition) is 1. The lowest BCUT2D eigenvalue weighted by atomic mass is 10.2. The molecule has 1 aliphatic heterocycles. The molecule has 1 saturated heterocycles. The van der Waals surface area contributed by atoms with Crippen molar-refractivity contribution < 1.29 is 27.8 Å². The highest BCUT2D eigenvalue weighted by molar-refractivity contribution is 5.92. The van der Waals surface area contributed by atoms with Crippen molar-refractivity contribution in [3.63, 3.8) is 0 Å². The van der Waals surface area contributed by atoms with E-state index in [1.807, 2.05) is 0 Å². The number of anilines is 1. The van der Waals surface area contributed by atoms with Crippen LogP contribution in [0.1, 0.15) is 12.8 Å². The molecule has 26 heavy (non-hydrogen) atoms. The zero-order valence-corrected chi connectivity index (χ0v) is 14.0. The van der Waals surface area contributed by atoms with Gasteiger partial charge in [-0.1, -0.05) is 6.07 Å². The number of carbonyl (C=O) groups is 1. The van der Waals surface area contributed by atoms with Gasteiger partial charge in [0.2, 0.25) is 0 Å². The second-order valence-electron chi connectivity index (χ2n) is 5.89. The van der Waals surface area contributed by atoms with E-state index in [2.05, 4.69) is 5.32 Å². The molecule has 0 bridgehead atoms. The Morgan fingerprint density at radius 1 is 1.19 bits per heavy atom. The highest BCUT2D eigenvalue weighted by Gasteiger charge is 2.16. The molecule has 1 aliphatic rings. The van der Waals surface area contributed by atoms with Crippen molar-refractivity contribution in [1.82, 2.24) is 0 Å². The number of nitrogens with one attached hydrogen (secondary N) is 1. The van der Waals surface area contributed by atoms with Gasteiger partial charge in [0.05, 0.1) is 6.10 Å². The largest absolute Gasteiger partial charge is 0.491 e. The summed E-state index contributed by atoms with van der Waals surface area (Å²) in [7, 11) is 0. The smallest absolute Gasteiger partial charge is 0.262 e. The van der Waals surface area contributed by atoms with Gasteiger partial charge in [0, 0.05) is 24.4 Å². The molecule has 1 amide bonds. The average molecular weight is 363 g/mol. The van der Waals surface area contributed by atoms with E-state index < -0.39 is 24.1 Å². The van der Waals surface area contributed by atoms with Crippen LogP contribution in [-0.4, -0.2) is 31.8 Å². The number of hydrogen-bond acceptors (Lipinski definition) is 4. The van der Waals surface area contributed by atoms with Crippen LogP contribution < -0.4 is 14.8 Å². The van der Waals surface area contributed by atoms with Gasteiger partial charge in [-0.3, -0.25) is 4.79 Å². The molecule has 138 valence electrons. The first-order valence-corrected chi connectivity index (χ1v) is 8.32. The van der Waals surface area contributed by atoms with E-state index in [1.54, 1.807) is 24.3 Å². The minimum absolute atomic E-state index is 0.104.